The number of hydrogen-bond acceptors (Lipinski definition) is 2. The first-order chi connectivity index (χ1) is 8.39. The van der Waals surface area contributed by atoms with Gasteiger partial charge in [-0.25, -0.2) is 0 Å². The lowest BCUT2D eigenvalue weighted by Gasteiger charge is -2.08. The van der Waals surface area contributed by atoms with E-state index in [1.807, 2.05) is 0 Å². The highest BCUT2D eigenvalue weighted by atomic mass is 19.4. The molecule has 2 N–H and O–H groups in total. The zero-order valence-corrected chi connectivity index (χ0v) is 9.26. The van der Waals surface area contributed by atoms with Crippen molar-refractivity contribution in [3.63, 3.8) is 0 Å². The molecular formula is C11H9F3N2O2. The second-order valence-electron chi connectivity index (χ2n) is 3.56. The van der Waals surface area contributed by atoms with Gasteiger partial charge in [-0.15, -0.1) is 13.2 Å². The van der Waals surface area contributed by atoms with Gasteiger partial charge in [-0.05, 0) is 18.2 Å². The molecule has 0 radical (unpaired) electrons. The second kappa shape index (κ2) is 4.25. The van der Waals surface area contributed by atoms with Crippen LogP contribution in [0.5, 0.6) is 5.75 Å². The third-order valence-electron chi connectivity index (χ3n) is 2.30. The number of halogens is 3. The first-order valence-electron chi connectivity index (χ1n) is 4.99. The molecule has 0 fully saturated rings. The fraction of sp³-hybridized carbons (Fsp3) is 0.182. The number of benzene rings is 1. The van der Waals surface area contributed by atoms with Crippen molar-refractivity contribution in [3.05, 3.63) is 30.0 Å². The van der Waals surface area contributed by atoms with E-state index < -0.39 is 6.36 Å². The molecule has 2 rings (SSSR count). The fourth-order valence-electron chi connectivity index (χ4n) is 1.56. The number of ether oxygens (including phenoxy) is 1. The molecular weight excluding hydrogens is 249 g/mol. The SMILES string of the molecule is CNC(=O)c1cc2ccc(OC(F)(F)F)cc2[nH]1. The maximum Gasteiger partial charge on any atom is 0.573 e. The van der Waals surface area contributed by atoms with Crippen LogP contribution < -0.4 is 10.1 Å². The number of nitrogens with one attached hydrogen (secondary N) is 2. The lowest BCUT2D eigenvalue weighted by molar-refractivity contribution is -0.274. The summed E-state index contributed by atoms with van der Waals surface area (Å²) < 4.78 is 39.9. The molecule has 1 heterocycles. The van der Waals surface area contributed by atoms with Crippen molar-refractivity contribution in [1.29, 1.82) is 0 Å². The summed E-state index contributed by atoms with van der Waals surface area (Å²) >= 11 is 0. The van der Waals surface area contributed by atoms with Gasteiger partial charge in [-0.2, -0.15) is 0 Å². The van der Waals surface area contributed by atoms with Crippen LogP contribution in [0.1, 0.15) is 10.5 Å². The van der Waals surface area contributed by atoms with Crippen LogP contribution in [0.4, 0.5) is 13.2 Å². The Hall–Kier alpha value is -2.18. The molecule has 1 aromatic heterocycles. The summed E-state index contributed by atoms with van der Waals surface area (Å²) in [4.78, 5) is 14.1. The predicted octanol–water partition coefficient (Wildman–Crippen LogP) is 2.43. The zero-order valence-electron chi connectivity index (χ0n) is 9.26. The molecule has 0 aliphatic carbocycles. The van der Waals surface area contributed by atoms with Crippen LogP contribution in [-0.4, -0.2) is 24.3 Å². The number of hydrogen-bond donors (Lipinski definition) is 2. The van der Waals surface area contributed by atoms with Gasteiger partial charge in [-0.3, -0.25) is 4.79 Å². The Morgan fingerprint density at radius 2 is 2.06 bits per heavy atom. The predicted molar refractivity (Wildman–Crippen MR) is 58.4 cm³/mol. The van der Waals surface area contributed by atoms with Crippen molar-refractivity contribution < 1.29 is 22.7 Å². The van der Waals surface area contributed by atoms with Gasteiger partial charge in [0, 0.05) is 24.0 Å². The Morgan fingerprint density at radius 1 is 1.33 bits per heavy atom. The molecule has 0 saturated heterocycles. The van der Waals surface area contributed by atoms with E-state index in [1.54, 1.807) is 6.07 Å². The number of fused-ring (bicyclic) bond motifs is 1. The standard InChI is InChI=1S/C11H9F3N2O2/c1-15-10(17)9-4-6-2-3-7(5-8(6)16-9)18-11(12,13)14/h2-5,16H,1H3,(H,15,17). The average molecular weight is 258 g/mol. The minimum atomic E-state index is -4.73. The molecule has 0 saturated carbocycles. The highest BCUT2D eigenvalue weighted by Crippen LogP contribution is 2.26. The van der Waals surface area contributed by atoms with Gasteiger partial charge >= 0.3 is 6.36 Å². The highest BCUT2D eigenvalue weighted by molar-refractivity contribution is 5.98. The van der Waals surface area contributed by atoms with Crippen molar-refractivity contribution in [3.8, 4) is 5.75 Å². The van der Waals surface area contributed by atoms with Crippen molar-refractivity contribution in [1.82, 2.24) is 10.3 Å². The monoisotopic (exact) mass is 258 g/mol. The molecule has 18 heavy (non-hydrogen) atoms. The largest absolute Gasteiger partial charge is 0.573 e. The maximum absolute atomic E-state index is 12.0. The summed E-state index contributed by atoms with van der Waals surface area (Å²) in [7, 11) is 1.46. The molecule has 0 spiro atoms. The first-order valence-corrected chi connectivity index (χ1v) is 4.99. The van der Waals surface area contributed by atoms with Crippen molar-refractivity contribution in [2.75, 3.05) is 7.05 Å². The highest BCUT2D eigenvalue weighted by Gasteiger charge is 2.31. The van der Waals surface area contributed by atoms with E-state index in [1.165, 1.54) is 25.2 Å². The van der Waals surface area contributed by atoms with Crippen LogP contribution in [-0.2, 0) is 0 Å². The van der Waals surface area contributed by atoms with E-state index in [-0.39, 0.29) is 17.4 Å². The van der Waals surface area contributed by atoms with Gasteiger partial charge < -0.3 is 15.0 Å². The van der Waals surface area contributed by atoms with Gasteiger partial charge in [-0.1, -0.05) is 0 Å². The molecule has 0 unspecified atom stereocenters. The van der Waals surface area contributed by atoms with Crippen LogP contribution >= 0.6 is 0 Å². The Balaban J connectivity index is 2.37. The zero-order chi connectivity index (χ0) is 13.3. The molecule has 1 aromatic carbocycles. The lowest BCUT2D eigenvalue weighted by atomic mass is 10.2. The number of carbonyl (C=O) groups is 1. The summed E-state index contributed by atoms with van der Waals surface area (Å²) in [6.07, 6.45) is -4.73. The van der Waals surface area contributed by atoms with E-state index in [9.17, 15) is 18.0 Å². The lowest BCUT2D eigenvalue weighted by Crippen LogP contribution is -2.17. The topological polar surface area (TPSA) is 54.1 Å². The Labute approximate surface area is 99.7 Å². The van der Waals surface area contributed by atoms with Crippen molar-refractivity contribution in [2.24, 2.45) is 0 Å². The Bertz CT molecular complexity index is 589. The summed E-state index contributed by atoms with van der Waals surface area (Å²) in [5.41, 5.74) is 0.673. The summed E-state index contributed by atoms with van der Waals surface area (Å²) in [5, 5.41) is 3.04. The van der Waals surface area contributed by atoms with Crippen LogP contribution in [0.25, 0.3) is 10.9 Å². The molecule has 7 heteroatoms. The second-order valence-corrected chi connectivity index (χ2v) is 3.56. The molecule has 4 nitrogen and oxygen atoms in total. The fourth-order valence-corrected chi connectivity index (χ4v) is 1.56. The van der Waals surface area contributed by atoms with Crippen molar-refractivity contribution in [2.45, 2.75) is 6.36 Å². The molecule has 96 valence electrons. The third-order valence-corrected chi connectivity index (χ3v) is 2.30. The molecule has 2 aromatic rings. The summed E-state index contributed by atoms with van der Waals surface area (Å²) in [6, 6.07) is 5.37. The number of aromatic amines is 1. The minimum absolute atomic E-state index is 0.275. The van der Waals surface area contributed by atoms with E-state index in [0.717, 1.165) is 0 Å². The summed E-state index contributed by atoms with van der Waals surface area (Å²) in [6.45, 7) is 0. The minimum Gasteiger partial charge on any atom is -0.406 e. The van der Waals surface area contributed by atoms with E-state index in [0.29, 0.717) is 10.9 Å². The maximum atomic E-state index is 12.0. The summed E-state index contributed by atoms with van der Waals surface area (Å²) in [5.74, 6) is -0.676. The Kier molecular flexibility index (Phi) is 2.90. The molecule has 0 atom stereocenters. The van der Waals surface area contributed by atoms with Gasteiger partial charge in [0.2, 0.25) is 0 Å². The van der Waals surface area contributed by atoms with Gasteiger partial charge in [0.1, 0.15) is 11.4 Å². The Morgan fingerprint density at radius 3 is 2.67 bits per heavy atom. The van der Waals surface area contributed by atoms with Crippen LogP contribution in [0, 0.1) is 0 Å². The quantitative estimate of drug-likeness (QED) is 0.869. The number of carbonyl (C=O) groups excluding carboxylic acids is 1. The molecule has 1 amide bonds. The number of aromatic nitrogens is 1. The van der Waals surface area contributed by atoms with Gasteiger partial charge in [0.25, 0.3) is 5.91 Å². The van der Waals surface area contributed by atoms with Crippen LogP contribution in [0.15, 0.2) is 24.3 Å². The molecule has 0 bridgehead atoms. The van der Waals surface area contributed by atoms with Gasteiger partial charge in [0.05, 0.1) is 0 Å². The normalized spacial score (nSPS) is 11.6. The van der Waals surface area contributed by atoms with Crippen molar-refractivity contribution >= 4 is 16.8 Å². The van der Waals surface area contributed by atoms with Gasteiger partial charge in [0.15, 0.2) is 0 Å². The number of alkyl halides is 3. The third kappa shape index (κ3) is 2.55. The van der Waals surface area contributed by atoms with Crippen LogP contribution in [0.2, 0.25) is 0 Å². The first kappa shape index (κ1) is 12.3. The van der Waals surface area contributed by atoms with E-state index in [4.69, 9.17) is 0 Å². The van der Waals surface area contributed by atoms with E-state index in [2.05, 4.69) is 15.0 Å². The molecule has 0 aliphatic rings. The average Bonchev–Trinajstić information content (AvgIpc) is 2.68. The number of amides is 1. The van der Waals surface area contributed by atoms with E-state index >= 15 is 0 Å². The smallest absolute Gasteiger partial charge is 0.406 e. The number of H-pyrrole nitrogens is 1. The number of rotatable bonds is 2. The van der Waals surface area contributed by atoms with Crippen LogP contribution in [0.3, 0.4) is 0 Å². The molecule has 0 aliphatic heterocycles.